The highest BCUT2D eigenvalue weighted by Gasteiger charge is 2.16. The van der Waals surface area contributed by atoms with Crippen molar-refractivity contribution in [2.45, 2.75) is 33.6 Å². The van der Waals surface area contributed by atoms with Crippen LogP contribution in [0.25, 0.3) is 32.1 Å². The molecule has 0 fully saturated rings. The molecule has 2 aromatic heterocycles. The maximum atomic E-state index is 7.16. The summed E-state index contributed by atoms with van der Waals surface area (Å²) < 4.78 is 2.89. The molecule has 0 N–H and O–H groups in total. The zero-order valence-corrected chi connectivity index (χ0v) is 16.5. The quantitative estimate of drug-likeness (QED) is 0.424. The highest BCUT2D eigenvalue weighted by molar-refractivity contribution is 7.22. The Labute approximate surface area is 162 Å². The summed E-state index contributed by atoms with van der Waals surface area (Å²) in [7, 11) is 0. The van der Waals surface area contributed by atoms with Crippen LogP contribution in [0.2, 0.25) is 0 Å². The Kier molecular flexibility index (Phi) is 4.25. The van der Waals surface area contributed by atoms with E-state index in [4.69, 9.17) is 6.57 Å². The Hall–Kier alpha value is -3.04. The number of hydrogen-bond donors (Lipinski definition) is 0. The van der Waals surface area contributed by atoms with Crippen LogP contribution in [0.3, 0.4) is 0 Å². The average Bonchev–Trinajstić information content (AvgIpc) is 3.26. The molecule has 0 saturated heterocycles. The Bertz CT molecular complexity index is 1170. The Morgan fingerprint density at radius 1 is 1.11 bits per heavy atom. The molecule has 2 heterocycles. The largest absolute Gasteiger partial charge is 0.351 e. The average molecular weight is 373 g/mol. The van der Waals surface area contributed by atoms with Crippen LogP contribution in [-0.4, -0.2) is 19.7 Å². The summed E-state index contributed by atoms with van der Waals surface area (Å²) in [6.45, 7) is 15.8. The minimum atomic E-state index is 0.458. The SMILES string of the molecule is [C-]#[N+]c1nc2ccc(-c3ncnn3-c3c(C)cc(C(C)C)cc3C)cc2s1. The molecule has 27 heavy (non-hydrogen) atoms. The topological polar surface area (TPSA) is 48.0 Å². The van der Waals surface area contributed by atoms with Gasteiger partial charge in [-0.05, 0) is 54.7 Å². The molecule has 0 aliphatic heterocycles. The number of aryl methyl sites for hydroxylation is 2. The molecule has 0 amide bonds. The fourth-order valence-corrected chi connectivity index (χ4v) is 4.15. The predicted molar refractivity (Wildman–Crippen MR) is 110 cm³/mol. The van der Waals surface area contributed by atoms with Crippen LogP contribution in [0.5, 0.6) is 0 Å². The Morgan fingerprint density at radius 3 is 2.52 bits per heavy atom. The molecule has 0 atom stereocenters. The van der Waals surface area contributed by atoms with Gasteiger partial charge in [-0.1, -0.05) is 32.6 Å². The molecule has 134 valence electrons. The van der Waals surface area contributed by atoms with Gasteiger partial charge in [0.25, 0.3) is 0 Å². The van der Waals surface area contributed by atoms with Gasteiger partial charge in [0.05, 0.1) is 10.4 Å². The van der Waals surface area contributed by atoms with Crippen molar-refractivity contribution in [3.63, 3.8) is 0 Å². The van der Waals surface area contributed by atoms with Gasteiger partial charge in [-0.2, -0.15) is 5.10 Å². The maximum Gasteiger partial charge on any atom is 0.330 e. The molecular formula is C21H19N5S. The van der Waals surface area contributed by atoms with Crippen LogP contribution in [0.15, 0.2) is 36.7 Å². The molecule has 0 bridgehead atoms. The molecule has 2 aromatic carbocycles. The number of aromatic nitrogens is 4. The standard InChI is InChI=1S/C21H19N5S/c1-12(2)16-8-13(3)19(14(4)9-16)26-20(23-11-24-26)15-6-7-17-18(10-15)27-21(22-5)25-17/h6-12H,1-4H3. The van der Waals surface area contributed by atoms with Gasteiger partial charge in [-0.3, -0.25) is 0 Å². The molecule has 6 heteroatoms. The first-order valence-corrected chi connectivity index (χ1v) is 9.59. The van der Waals surface area contributed by atoms with E-state index in [2.05, 4.69) is 59.7 Å². The zero-order valence-electron chi connectivity index (χ0n) is 15.7. The molecule has 0 spiro atoms. The van der Waals surface area contributed by atoms with Gasteiger partial charge in [0.15, 0.2) is 11.3 Å². The van der Waals surface area contributed by atoms with Crippen LogP contribution >= 0.6 is 11.3 Å². The summed E-state index contributed by atoms with van der Waals surface area (Å²) >= 11 is 1.40. The summed E-state index contributed by atoms with van der Waals surface area (Å²) in [6.07, 6.45) is 1.59. The minimum Gasteiger partial charge on any atom is -0.351 e. The first-order valence-electron chi connectivity index (χ1n) is 8.78. The fourth-order valence-electron chi connectivity index (χ4n) is 3.36. The van der Waals surface area contributed by atoms with Crippen LogP contribution < -0.4 is 0 Å². The van der Waals surface area contributed by atoms with Crippen molar-refractivity contribution < 1.29 is 0 Å². The van der Waals surface area contributed by atoms with Crippen molar-refractivity contribution in [2.24, 2.45) is 0 Å². The molecule has 0 aliphatic rings. The Balaban J connectivity index is 1.86. The molecule has 0 radical (unpaired) electrons. The van der Waals surface area contributed by atoms with Gasteiger partial charge >= 0.3 is 5.13 Å². The van der Waals surface area contributed by atoms with Crippen molar-refractivity contribution >= 4 is 26.7 Å². The highest BCUT2D eigenvalue weighted by Crippen LogP contribution is 2.33. The van der Waals surface area contributed by atoms with Gasteiger partial charge < -0.3 is 4.85 Å². The molecule has 4 rings (SSSR count). The highest BCUT2D eigenvalue weighted by atomic mass is 32.1. The summed E-state index contributed by atoms with van der Waals surface area (Å²) in [6, 6.07) is 10.4. The number of benzene rings is 2. The van der Waals surface area contributed by atoms with Gasteiger partial charge in [0.1, 0.15) is 6.33 Å². The molecule has 5 nitrogen and oxygen atoms in total. The Morgan fingerprint density at radius 2 is 1.85 bits per heavy atom. The summed E-state index contributed by atoms with van der Waals surface area (Å²) in [4.78, 5) is 12.3. The van der Waals surface area contributed by atoms with Crippen molar-refractivity contribution in [3.05, 3.63) is 64.8 Å². The van der Waals surface area contributed by atoms with Crippen LogP contribution in [0, 0.1) is 20.4 Å². The van der Waals surface area contributed by atoms with E-state index in [9.17, 15) is 0 Å². The van der Waals surface area contributed by atoms with E-state index in [0.717, 1.165) is 27.3 Å². The number of rotatable bonds is 3. The minimum absolute atomic E-state index is 0.458. The lowest BCUT2D eigenvalue weighted by Crippen LogP contribution is -2.06. The second-order valence-corrected chi connectivity index (χ2v) is 7.95. The normalized spacial score (nSPS) is 11.3. The van der Waals surface area contributed by atoms with E-state index in [0.29, 0.717) is 11.0 Å². The van der Waals surface area contributed by atoms with Gasteiger partial charge in [-0.15, -0.1) is 16.3 Å². The van der Waals surface area contributed by atoms with Crippen LogP contribution in [-0.2, 0) is 0 Å². The van der Waals surface area contributed by atoms with E-state index in [1.165, 1.54) is 28.0 Å². The van der Waals surface area contributed by atoms with Crippen molar-refractivity contribution in [1.29, 1.82) is 0 Å². The molecule has 0 unspecified atom stereocenters. The lowest BCUT2D eigenvalue weighted by atomic mass is 9.97. The summed E-state index contributed by atoms with van der Waals surface area (Å²) in [5.74, 6) is 1.27. The van der Waals surface area contributed by atoms with E-state index in [-0.39, 0.29) is 0 Å². The van der Waals surface area contributed by atoms with Crippen LogP contribution in [0.1, 0.15) is 36.5 Å². The second-order valence-electron chi connectivity index (χ2n) is 6.94. The molecular weight excluding hydrogens is 354 g/mol. The lowest BCUT2D eigenvalue weighted by molar-refractivity contribution is 0.842. The van der Waals surface area contributed by atoms with E-state index in [1.54, 1.807) is 6.33 Å². The molecule has 0 aliphatic carbocycles. The second kappa shape index (κ2) is 6.60. The van der Waals surface area contributed by atoms with E-state index in [1.807, 2.05) is 22.9 Å². The smallest absolute Gasteiger partial charge is 0.330 e. The van der Waals surface area contributed by atoms with Gasteiger partial charge in [0.2, 0.25) is 0 Å². The molecule has 4 aromatic rings. The van der Waals surface area contributed by atoms with Gasteiger partial charge in [0, 0.05) is 5.56 Å². The number of hydrogen-bond acceptors (Lipinski definition) is 4. The van der Waals surface area contributed by atoms with Crippen LogP contribution in [0.4, 0.5) is 5.13 Å². The molecule has 0 saturated carbocycles. The third-order valence-electron chi connectivity index (χ3n) is 4.67. The maximum absolute atomic E-state index is 7.16. The zero-order chi connectivity index (χ0) is 19.1. The summed E-state index contributed by atoms with van der Waals surface area (Å²) in [5.41, 5.74) is 6.56. The lowest BCUT2D eigenvalue weighted by Gasteiger charge is -2.16. The third-order valence-corrected chi connectivity index (χ3v) is 5.58. The summed E-state index contributed by atoms with van der Waals surface area (Å²) in [5, 5.41) is 4.96. The van der Waals surface area contributed by atoms with E-state index < -0.39 is 0 Å². The van der Waals surface area contributed by atoms with Gasteiger partial charge in [-0.25, -0.2) is 9.67 Å². The first-order chi connectivity index (χ1) is 13.0. The number of thiazole rings is 1. The van der Waals surface area contributed by atoms with E-state index >= 15 is 0 Å². The number of fused-ring (bicyclic) bond motifs is 1. The fraction of sp³-hybridized carbons (Fsp3) is 0.238. The van der Waals surface area contributed by atoms with Crippen molar-refractivity contribution in [3.8, 4) is 17.1 Å². The monoisotopic (exact) mass is 373 g/mol. The van der Waals surface area contributed by atoms with Crippen molar-refractivity contribution in [1.82, 2.24) is 19.7 Å². The number of nitrogens with zero attached hydrogens (tertiary/aromatic N) is 5. The predicted octanol–water partition coefficient (Wildman–Crippen LogP) is 5.84. The third kappa shape index (κ3) is 3.00. The van der Waals surface area contributed by atoms with Crippen molar-refractivity contribution in [2.75, 3.05) is 0 Å². The first kappa shape index (κ1) is 17.4.